The lowest BCUT2D eigenvalue weighted by atomic mass is 10.0. The summed E-state index contributed by atoms with van der Waals surface area (Å²) in [5.74, 6) is -0.321. The summed E-state index contributed by atoms with van der Waals surface area (Å²) in [5, 5.41) is 21.4. The maximum Gasteiger partial charge on any atom is 0.266 e. The molecule has 0 heterocycles. The topological polar surface area (TPSA) is 82.3 Å². The van der Waals surface area contributed by atoms with Gasteiger partial charge in [-0.25, -0.2) is 4.39 Å². The second-order valence-electron chi connectivity index (χ2n) is 6.62. The molecule has 3 rings (SSSR count). The van der Waals surface area contributed by atoms with Crippen molar-refractivity contribution in [3.63, 3.8) is 0 Å². The van der Waals surface area contributed by atoms with Gasteiger partial charge in [-0.3, -0.25) is 4.79 Å². The Morgan fingerprint density at radius 2 is 1.94 bits per heavy atom. The van der Waals surface area contributed by atoms with Crippen molar-refractivity contribution in [1.82, 2.24) is 0 Å². The van der Waals surface area contributed by atoms with E-state index in [-0.39, 0.29) is 17.1 Å². The minimum absolute atomic E-state index is 0.0708. The van der Waals surface area contributed by atoms with Crippen LogP contribution in [0.15, 0.2) is 70.7 Å². The number of rotatable bonds is 6. The number of aromatic hydroxyl groups is 1. The zero-order chi connectivity index (χ0) is 22.4. The van der Waals surface area contributed by atoms with Gasteiger partial charge in [0.1, 0.15) is 29.0 Å². The smallest absolute Gasteiger partial charge is 0.266 e. The summed E-state index contributed by atoms with van der Waals surface area (Å²) >= 11 is 3.49. The van der Waals surface area contributed by atoms with Crippen LogP contribution in [-0.2, 0) is 11.2 Å². The van der Waals surface area contributed by atoms with Crippen LogP contribution in [0.2, 0.25) is 0 Å². The largest absolute Gasteiger partial charge is 0.508 e. The molecule has 156 valence electrons. The molecule has 0 aliphatic heterocycles. The number of carbonyl (C=O) groups is 1. The molecule has 0 saturated carbocycles. The van der Waals surface area contributed by atoms with Gasteiger partial charge in [-0.15, -0.1) is 0 Å². The molecule has 5 nitrogen and oxygen atoms in total. The fourth-order valence-corrected chi connectivity index (χ4v) is 3.56. The molecular weight excluding hydrogens is 463 g/mol. The quantitative estimate of drug-likeness (QED) is 0.279. The predicted octanol–water partition coefficient (Wildman–Crippen LogP) is 5.44. The molecule has 0 unspecified atom stereocenters. The fraction of sp³-hybridized carbons (Fsp3) is 0.0833. The molecule has 0 fully saturated rings. The van der Waals surface area contributed by atoms with E-state index in [2.05, 4.69) is 21.2 Å². The summed E-state index contributed by atoms with van der Waals surface area (Å²) in [7, 11) is 1.50. The van der Waals surface area contributed by atoms with Crippen molar-refractivity contribution in [3.05, 3.63) is 93.2 Å². The molecule has 1 amide bonds. The van der Waals surface area contributed by atoms with E-state index in [1.54, 1.807) is 30.3 Å². The zero-order valence-electron chi connectivity index (χ0n) is 16.5. The first kappa shape index (κ1) is 22.1. The van der Waals surface area contributed by atoms with Crippen LogP contribution in [0, 0.1) is 17.1 Å². The number of methoxy groups -OCH3 is 1. The molecule has 0 spiro atoms. The van der Waals surface area contributed by atoms with Crippen molar-refractivity contribution in [2.45, 2.75) is 6.42 Å². The third kappa shape index (κ3) is 5.50. The van der Waals surface area contributed by atoms with Gasteiger partial charge >= 0.3 is 0 Å². The number of anilines is 1. The van der Waals surface area contributed by atoms with E-state index in [4.69, 9.17) is 4.74 Å². The van der Waals surface area contributed by atoms with Crippen LogP contribution in [0.4, 0.5) is 10.1 Å². The van der Waals surface area contributed by atoms with Crippen molar-refractivity contribution < 1.29 is 19.0 Å². The van der Waals surface area contributed by atoms with Gasteiger partial charge in [0.2, 0.25) is 0 Å². The summed E-state index contributed by atoms with van der Waals surface area (Å²) in [6.45, 7) is 0. The number of phenols is 1. The van der Waals surface area contributed by atoms with E-state index < -0.39 is 5.91 Å². The van der Waals surface area contributed by atoms with Gasteiger partial charge in [0.25, 0.3) is 5.91 Å². The highest BCUT2D eigenvalue weighted by atomic mass is 79.9. The van der Waals surface area contributed by atoms with Crippen molar-refractivity contribution in [1.29, 1.82) is 5.26 Å². The van der Waals surface area contributed by atoms with Gasteiger partial charge in [-0.2, -0.15) is 5.26 Å². The number of carbonyl (C=O) groups excluding carboxylic acids is 1. The third-order valence-corrected chi connectivity index (χ3v) is 5.23. The summed E-state index contributed by atoms with van der Waals surface area (Å²) in [5.41, 5.74) is 2.18. The Bertz CT molecular complexity index is 1180. The average Bonchev–Trinajstić information content (AvgIpc) is 2.76. The Morgan fingerprint density at radius 3 is 2.58 bits per heavy atom. The molecule has 0 aliphatic carbocycles. The van der Waals surface area contributed by atoms with Crippen LogP contribution in [0.1, 0.15) is 16.7 Å². The lowest BCUT2D eigenvalue weighted by molar-refractivity contribution is -0.112. The van der Waals surface area contributed by atoms with Gasteiger partial charge < -0.3 is 15.2 Å². The minimum Gasteiger partial charge on any atom is -0.508 e. The number of phenolic OH excluding ortho intramolecular Hbond substituents is 1. The van der Waals surface area contributed by atoms with Crippen molar-refractivity contribution in [3.8, 4) is 17.6 Å². The molecule has 2 N–H and O–H groups in total. The second-order valence-corrected chi connectivity index (χ2v) is 7.48. The van der Waals surface area contributed by atoms with Crippen LogP contribution in [0.25, 0.3) is 6.08 Å². The maximum atomic E-state index is 14.1. The fourth-order valence-electron chi connectivity index (χ4n) is 2.96. The molecule has 0 aromatic heterocycles. The minimum atomic E-state index is -0.585. The normalized spacial score (nSPS) is 11.0. The number of halogens is 2. The Labute approximate surface area is 187 Å². The number of hydrogen-bond donors (Lipinski definition) is 2. The van der Waals surface area contributed by atoms with E-state index in [1.165, 1.54) is 43.5 Å². The Kier molecular flexibility index (Phi) is 7.06. The van der Waals surface area contributed by atoms with Crippen LogP contribution >= 0.6 is 15.9 Å². The summed E-state index contributed by atoms with van der Waals surface area (Å²) in [6.07, 6.45) is 1.75. The van der Waals surface area contributed by atoms with Gasteiger partial charge in [0, 0.05) is 22.1 Å². The highest BCUT2D eigenvalue weighted by molar-refractivity contribution is 9.10. The molecule has 0 atom stereocenters. The van der Waals surface area contributed by atoms with Gasteiger partial charge in [0.15, 0.2) is 0 Å². The highest BCUT2D eigenvalue weighted by Gasteiger charge is 2.15. The molecule has 0 radical (unpaired) electrons. The average molecular weight is 481 g/mol. The first-order valence-electron chi connectivity index (χ1n) is 9.23. The molecular formula is C24H18BrFN2O3. The standard InChI is InChI=1S/C24H18BrFN2O3/c1-31-23-12-15(11-21(25)20(23)13-16-4-2-3-5-22(16)26)10-17(14-27)24(30)28-18-6-8-19(29)9-7-18/h2-12,29H,13H2,1H3,(H,28,30)/b17-10+. The van der Waals surface area contributed by atoms with Gasteiger partial charge in [-0.1, -0.05) is 34.1 Å². The number of nitrogens with one attached hydrogen (secondary N) is 1. The molecule has 3 aromatic rings. The van der Waals surface area contributed by atoms with Crippen LogP contribution in [0.5, 0.6) is 11.5 Å². The van der Waals surface area contributed by atoms with E-state index in [1.807, 2.05) is 6.07 Å². The number of amides is 1. The summed E-state index contributed by atoms with van der Waals surface area (Å²) in [6, 6.07) is 17.7. The summed E-state index contributed by atoms with van der Waals surface area (Å²) < 4.78 is 20.2. The van der Waals surface area contributed by atoms with Crippen molar-refractivity contribution in [2.24, 2.45) is 0 Å². The second kappa shape index (κ2) is 9.92. The molecule has 0 saturated heterocycles. The van der Waals surface area contributed by atoms with E-state index in [0.717, 1.165) is 5.56 Å². The number of hydrogen-bond acceptors (Lipinski definition) is 4. The number of benzene rings is 3. The maximum absolute atomic E-state index is 14.1. The van der Waals surface area contributed by atoms with E-state index in [9.17, 15) is 19.6 Å². The lowest BCUT2D eigenvalue weighted by Crippen LogP contribution is -2.13. The monoisotopic (exact) mass is 480 g/mol. The first-order valence-corrected chi connectivity index (χ1v) is 10.0. The molecule has 0 bridgehead atoms. The Balaban J connectivity index is 1.89. The lowest BCUT2D eigenvalue weighted by Gasteiger charge is -2.13. The number of nitriles is 1. The van der Waals surface area contributed by atoms with Crippen molar-refractivity contribution in [2.75, 3.05) is 12.4 Å². The van der Waals surface area contributed by atoms with Gasteiger partial charge in [0.05, 0.1) is 7.11 Å². The number of ether oxygens (including phenoxy) is 1. The molecule has 3 aromatic carbocycles. The molecule has 31 heavy (non-hydrogen) atoms. The first-order chi connectivity index (χ1) is 14.9. The van der Waals surface area contributed by atoms with Crippen LogP contribution in [-0.4, -0.2) is 18.1 Å². The predicted molar refractivity (Wildman–Crippen MR) is 120 cm³/mol. The molecule has 0 aliphatic rings. The van der Waals surface area contributed by atoms with Crippen LogP contribution < -0.4 is 10.1 Å². The van der Waals surface area contributed by atoms with Crippen molar-refractivity contribution >= 4 is 33.6 Å². The van der Waals surface area contributed by atoms with Crippen LogP contribution in [0.3, 0.4) is 0 Å². The number of nitrogens with zero attached hydrogens (tertiary/aromatic N) is 1. The molecule has 7 heteroatoms. The zero-order valence-corrected chi connectivity index (χ0v) is 18.1. The van der Waals surface area contributed by atoms with E-state index >= 15 is 0 Å². The van der Waals surface area contributed by atoms with Gasteiger partial charge in [-0.05, 0) is 59.7 Å². The SMILES string of the molecule is COc1cc(/C=C(\C#N)C(=O)Nc2ccc(O)cc2)cc(Br)c1Cc1ccccc1F. The Morgan fingerprint density at radius 1 is 1.23 bits per heavy atom. The summed E-state index contributed by atoms with van der Waals surface area (Å²) in [4.78, 5) is 12.5. The highest BCUT2D eigenvalue weighted by Crippen LogP contribution is 2.32. The Hall–Kier alpha value is -3.63. The van der Waals surface area contributed by atoms with E-state index in [0.29, 0.717) is 33.5 Å². The third-order valence-electron chi connectivity index (χ3n) is 4.52.